The molecule has 8 nitrogen and oxygen atoms in total. The van der Waals surface area contributed by atoms with Crippen LogP contribution in [0.25, 0.3) is 0 Å². The number of ether oxygens (including phenoxy) is 2. The number of anilines is 1. The first-order valence-corrected chi connectivity index (χ1v) is 7.66. The van der Waals surface area contributed by atoms with Crippen LogP contribution in [-0.2, 0) is 14.3 Å². The van der Waals surface area contributed by atoms with Crippen LogP contribution in [0.1, 0.15) is 20.1 Å². The van der Waals surface area contributed by atoms with Gasteiger partial charge in [0, 0.05) is 6.20 Å². The molecule has 0 saturated carbocycles. The van der Waals surface area contributed by atoms with E-state index < -0.39 is 46.9 Å². The lowest BCUT2D eigenvalue weighted by molar-refractivity contribution is -0.152. The number of carbonyl (C=O) groups excluding carboxylic acids is 1. The third-order valence-electron chi connectivity index (χ3n) is 3.35. The van der Waals surface area contributed by atoms with Crippen molar-refractivity contribution >= 4 is 27.7 Å². The van der Waals surface area contributed by atoms with E-state index >= 15 is 0 Å². The molecule has 1 fully saturated rings. The summed E-state index contributed by atoms with van der Waals surface area (Å²) in [5.41, 5.74) is 4.26. The number of aromatic nitrogens is 2. The monoisotopic (exact) mass is 411 g/mol. The van der Waals surface area contributed by atoms with E-state index in [0.717, 1.165) is 12.3 Å². The van der Waals surface area contributed by atoms with E-state index in [1.165, 1.54) is 13.8 Å². The zero-order valence-corrected chi connectivity index (χ0v) is 14.4. The Labute approximate surface area is 143 Å². The van der Waals surface area contributed by atoms with Gasteiger partial charge in [-0.15, -0.1) is 0 Å². The number of hydrogen-bond donors (Lipinski definition) is 2. The third kappa shape index (κ3) is 3.57. The van der Waals surface area contributed by atoms with E-state index in [4.69, 9.17) is 15.2 Å². The van der Waals surface area contributed by atoms with Crippen molar-refractivity contribution in [1.82, 2.24) is 9.55 Å². The minimum absolute atomic E-state index is 0.136. The zero-order chi connectivity index (χ0) is 18.3. The summed E-state index contributed by atoms with van der Waals surface area (Å²) in [6, 6.07) is 1.15. The van der Waals surface area contributed by atoms with Gasteiger partial charge in [-0.1, -0.05) is 15.9 Å². The van der Waals surface area contributed by atoms with Crippen molar-refractivity contribution in [2.75, 3.05) is 12.3 Å². The lowest BCUT2D eigenvalue weighted by Crippen LogP contribution is -2.42. The maximum absolute atomic E-state index is 14.2. The molecule has 0 aromatic carbocycles. The van der Waals surface area contributed by atoms with Crippen LogP contribution in [-0.4, -0.2) is 49.7 Å². The smallest absolute Gasteiger partial charge is 0.351 e. The van der Waals surface area contributed by atoms with Crippen LogP contribution in [0.2, 0.25) is 0 Å². The van der Waals surface area contributed by atoms with Gasteiger partial charge >= 0.3 is 17.6 Å². The lowest BCUT2D eigenvalue weighted by atomic mass is 10.1. The second kappa shape index (κ2) is 6.37. The Morgan fingerprint density at radius 3 is 2.79 bits per heavy atom. The second-order valence-corrected chi connectivity index (χ2v) is 7.74. The van der Waals surface area contributed by atoms with Crippen molar-refractivity contribution in [2.45, 2.75) is 42.5 Å². The fourth-order valence-electron chi connectivity index (χ4n) is 2.04. The van der Waals surface area contributed by atoms with Crippen molar-refractivity contribution in [1.29, 1.82) is 0 Å². The molecule has 2 rings (SSSR count). The minimum atomic E-state index is -3.79. The molecule has 2 heterocycles. The normalized spacial score (nSPS) is 26.3. The average Bonchev–Trinajstić information content (AvgIpc) is 2.67. The maximum atomic E-state index is 14.2. The van der Waals surface area contributed by atoms with Crippen molar-refractivity contribution in [2.24, 2.45) is 0 Å². The molecular weight excluding hydrogens is 396 g/mol. The minimum Gasteiger partial charge on any atom is -0.462 e. The van der Waals surface area contributed by atoms with Gasteiger partial charge < -0.3 is 20.3 Å². The van der Waals surface area contributed by atoms with Crippen molar-refractivity contribution in [3.63, 3.8) is 0 Å². The molecule has 134 valence electrons. The Bertz CT molecular complexity index is 691. The Morgan fingerprint density at radius 1 is 1.62 bits per heavy atom. The Hall–Kier alpha value is -1.59. The molecule has 0 bridgehead atoms. The highest BCUT2D eigenvalue weighted by molar-refractivity contribution is 9.10. The summed E-state index contributed by atoms with van der Waals surface area (Å²) in [6.45, 7) is 2.43. The topological polar surface area (TPSA) is 117 Å². The summed E-state index contributed by atoms with van der Waals surface area (Å²) in [5, 5.41) is 9.77. The van der Waals surface area contributed by atoms with Crippen LogP contribution in [0.3, 0.4) is 0 Å². The van der Waals surface area contributed by atoms with Gasteiger partial charge in [0.05, 0.1) is 0 Å². The zero-order valence-electron chi connectivity index (χ0n) is 12.8. The molecule has 1 unspecified atom stereocenters. The number of halogens is 3. The van der Waals surface area contributed by atoms with Gasteiger partial charge in [-0.05, 0) is 19.9 Å². The van der Waals surface area contributed by atoms with E-state index in [2.05, 4.69) is 20.9 Å². The molecule has 0 aliphatic carbocycles. The molecule has 11 heteroatoms. The average molecular weight is 412 g/mol. The van der Waals surface area contributed by atoms with E-state index in [9.17, 15) is 23.5 Å². The molecule has 3 atom stereocenters. The molecule has 0 radical (unpaired) electrons. The molecule has 0 spiro atoms. The van der Waals surface area contributed by atoms with E-state index in [0.29, 0.717) is 4.57 Å². The molecule has 1 aliphatic rings. The quantitative estimate of drug-likeness (QED) is 0.545. The van der Waals surface area contributed by atoms with E-state index in [1.54, 1.807) is 0 Å². The van der Waals surface area contributed by atoms with Gasteiger partial charge in [-0.3, -0.25) is 9.36 Å². The number of esters is 1. The van der Waals surface area contributed by atoms with Crippen LogP contribution < -0.4 is 11.4 Å². The summed E-state index contributed by atoms with van der Waals surface area (Å²) in [5.74, 6) is -4.64. The van der Waals surface area contributed by atoms with Crippen molar-refractivity contribution < 1.29 is 28.2 Å². The van der Waals surface area contributed by atoms with Gasteiger partial charge in [0.25, 0.3) is 0 Å². The summed E-state index contributed by atoms with van der Waals surface area (Å²) in [6.07, 6.45) is -4.87. The maximum Gasteiger partial charge on any atom is 0.351 e. The molecule has 1 aromatic rings. The highest BCUT2D eigenvalue weighted by Crippen LogP contribution is 2.42. The highest BCUT2D eigenvalue weighted by atomic mass is 79.9. The summed E-state index contributed by atoms with van der Waals surface area (Å²) in [4.78, 5) is 26.7. The molecule has 3 N–H and O–H groups in total. The first-order chi connectivity index (χ1) is 10.9. The number of carbonyl (C=O) groups is 1. The van der Waals surface area contributed by atoms with Gasteiger partial charge in [-0.25, -0.2) is 4.79 Å². The molecule has 24 heavy (non-hydrogen) atoms. The number of alkyl halides is 3. The van der Waals surface area contributed by atoms with Gasteiger partial charge in [-0.2, -0.15) is 13.8 Å². The number of nitrogens with zero attached hydrogens (tertiary/aromatic N) is 2. The van der Waals surface area contributed by atoms with Crippen molar-refractivity contribution in [3.8, 4) is 0 Å². The first-order valence-electron chi connectivity index (χ1n) is 6.86. The summed E-state index contributed by atoms with van der Waals surface area (Å²) < 4.78 is 37.9. The molecule has 1 aromatic heterocycles. The van der Waals surface area contributed by atoms with E-state index in [1.807, 2.05) is 0 Å². The van der Waals surface area contributed by atoms with Crippen LogP contribution in [0, 0.1) is 0 Å². The largest absolute Gasteiger partial charge is 0.462 e. The Balaban J connectivity index is 2.19. The van der Waals surface area contributed by atoms with Gasteiger partial charge in [0.2, 0.25) is 6.23 Å². The lowest BCUT2D eigenvalue weighted by Gasteiger charge is -2.20. The third-order valence-corrected chi connectivity index (χ3v) is 3.67. The number of nitrogens with two attached hydrogens (primary N) is 1. The highest BCUT2D eigenvalue weighted by Gasteiger charge is 2.60. The van der Waals surface area contributed by atoms with Gasteiger partial charge in [0.1, 0.15) is 22.9 Å². The summed E-state index contributed by atoms with van der Waals surface area (Å²) in [7, 11) is 0. The molecule has 1 aliphatic heterocycles. The SMILES string of the molecule is CC(C)(Br)C(=O)OC[C@H]1OC(n2ccc(N)nc2=O)C(F)(F)[C@H]1O. The number of nitrogen functional groups attached to an aromatic ring is 1. The number of rotatable bonds is 4. The first kappa shape index (κ1) is 18.7. The fraction of sp³-hybridized carbons (Fsp3) is 0.615. The summed E-state index contributed by atoms with van der Waals surface area (Å²) >= 11 is 3.06. The van der Waals surface area contributed by atoms with Crippen LogP contribution >= 0.6 is 15.9 Å². The Kier molecular flexibility index (Phi) is 4.98. The molecular formula is C13H16BrF2N3O5. The fourth-order valence-corrected chi connectivity index (χ4v) is 2.15. The number of hydrogen-bond acceptors (Lipinski definition) is 7. The van der Waals surface area contributed by atoms with Crippen molar-refractivity contribution in [3.05, 3.63) is 22.7 Å². The molecule has 1 saturated heterocycles. The predicted molar refractivity (Wildman–Crippen MR) is 81.7 cm³/mol. The number of aliphatic hydroxyl groups excluding tert-OH is 1. The van der Waals surface area contributed by atoms with Crippen LogP contribution in [0.4, 0.5) is 14.6 Å². The molecule has 0 amide bonds. The standard InChI is InChI=1S/C13H16BrF2N3O5/c1-12(2,14)10(21)23-5-6-8(20)13(15,16)9(24-6)19-4-3-7(17)18-11(19)22/h3-4,6,8-9,20H,5H2,1-2H3,(H2,17,18,22)/t6-,8+,9?/m1/s1. The van der Waals surface area contributed by atoms with Gasteiger partial charge in [0.15, 0.2) is 6.10 Å². The second-order valence-electron chi connectivity index (χ2n) is 5.76. The van der Waals surface area contributed by atoms with Crippen LogP contribution in [0.5, 0.6) is 0 Å². The predicted octanol–water partition coefficient (Wildman–Crippen LogP) is 0.436. The van der Waals surface area contributed by atoms with E-state index in [-0.39, 0.29) is 5.82 Å². The van der Waals surface area contributed by atoms with Crippen LogP contribution in [0.15, 0.2) is 17.1 Å². The Morgan fingerprint density at radius 2 is 2.25 bits per heavy atom. The number of aliphatic hydroxyl groups is 1.